The lowest BCUT2D eigenvalue weighted by Crippen LogP contribution is -2.05. The Morgan fingerprint density at radius 3 is 3.27 bits per heavy atom. The van der Waals surface area contributed by atoms with Gasteiger partial charge in [0.2, 0.25) is 0 Å². The molecule has 58 valence electrons. The van der Waals surface area contributed by atoms with E-state index in [4.69, 9.17) is 9.84 Å². The highest BCUT2D eigenvalue weighted by Gasteiger charge is 2.10. The normalized spacial score (nSPS) is 15.3. The molecule has 1 aliphatic heterocycles. The van der Waals surface area contributed by atoms with Gasteiger partial charge in [-0.1, -0.05) is 0 Å². The summed E-state index contributed by atoms with van der Waals surface area (Å²) < 4.78 is 5.32. The van der Waals surface area contributed by atoms with Gasteiger partial charge in [0.25, 0.3) is 0 Å². The fourth-order valence-corrected chi connectivity index (χ4v) is 1.84. The number of aromatic hydroxyl groups is 1. The summed E-state index contributed by atoms with van der Waals surface area (Å²) in [6.45, 7) is 0.737. The largest absolute Gasteiger partial charge is 0.508 e. The number of phenols is 1. The van der Waals surface area contributed by atoms with Crippen LogP contribution < -0.4 is 4.74 Å². The van der Waals surface area contributed by atoms with Gasteiger partial charge in [0.1, 0.15) is 11.5 Å². The van der Waals surface area contributed by atoms with Crippen molar-refractivity contribution in [3.8, 4) is 11.5 Å². The van der Waals surface area contributed by atoms with Crippen molar-refractivity contribution < 1.29 is 9.84 Å². The van der Waals surface area contributed by atoms with Crippen LogP contribution in [0.5, 0.6) is 11.5 Å². The van der Waals surface area contributed by atoms with Crippen LogP contribution in [0.1, 0.15) is 0 Å². The Kier molecular flexibility index (Phi) is 1.66. The molecule has 0 amide bonds. The fourth-order valence-electron chi connectivity index (χ4n) is 1.03. The number of fused-ring (bicyclic) bond motifs is 1. The van der Waals surface area contributed by atoms with E-state index in [-0.39, 0.29) is 5.75 Å². The Balaban J connectivity index is 2.43. The molecule has 2 rings (SSSR count). The maximum Gasteiger partial charge on any atom is 0.136 e. The lowest BCUT2D eigenvalue weighted by molar-refractivity contribution is 0.327. The topological polar surface area (TPSA) is 29.5 Å². The summed E-state index contributed by atoms with van der Waals surface area (Å²) in [6, 6.07) is 5.22. The Morgan fingerprint density at radius 2 is 2.36 bits per heavy atom. The van der Waals surface area contributed by atoms with Crippen LogP contribution in [0.3, 0.4) is 0 Å². The van der Waals surface area contributed by atoms with Crippen molar-refractivity contribution in [3.63, 3.8) is 0 Å². The molecule has 0 bridgehead atoms. The molecule has 3 heteroatoms. The maximum atomic E-state index is 9.10. The van der Waals surface area contributed by atoms with Crippen LogP contribution in [0.15, 0.2) is 23.1 Å². The first-order valence-corrected chi connectivity index (χ1v) is 4.43. The predicted octanol–water partition coefficient (Wildman–Crippen LogP) is 1.88. The molecule has 0 saturated carbocycles. The van der Waals surface area contributed by atoms with E-state index in [1.165, 1.54) is 0 Å². The average Bonchev–Trinajstić information content (AvgIpc) is 2.04. The van der Waals surface area contributed by atoms with E-state index in [0.29, 0.717) is 0 Å². The summed E-state index contributed by atoms with van der Waals surface area (Å²) in [7, 11) is 0. The third-order valence-electron chi connectivity index (χ3n) is 1.53. The highest BCUT2D eigenvalue weighted by molar-refractivity contribution is 7.99. The van der Waals surface area contributed by atoms with Gasteiger partial charge in [0.05, 0.1) is 6.61 Å². The van der Waals surface area contributed by atoms with Crippen molar-refractivity contribution in [2.75, 3.05) is 12.4 Å². The Morgan fingerprint density at radius 1 is 1.45 bits per heavy atom. The monoisotopic (exact) mass is 168 g/mol. The second-order valence-corrected chi connectivity index (χ2v) is 3.46. The first-order chi connectivity index (χ1) is 5.36. The standard InChI is InChI=1S/C8H8O2S/c9-6-1-2-8-7(5-6)10-3-4-11-8/h1-2,5,9H,3-4H2. The Hall–Kier alpha value is -0.830. The third kappa shape index (κ3) is 1.28. The summed E-state index contributed by atoms with van der Waals surface area (Å²) in [5.41, 5.74) is 0. The van der Waals surface area contributed by atoms with Gasteiger partial charge in [-0.05, 0) is 12.1 Å². The number of hydrogen-bond donors (Lipinski definition) is 1. The van der Waals surface area contributed by atoms with E-state index >= 15 is 0 Å². The lowest BCUT2D eigenvalue weighted by Gasteiger charge is -2.15. The van der Waals surface area contributed by atoms with Crippen LogP contribution in [0.25, 0.3) is 0 Å². The van der Waals surface area contributed by atoms with E-state index in [1.54, 1.807) is 23.9 Å². The minimum absolute atomic E-state index is 0.270. The van der Waals surface area contributed by atoms with Crippen molar-refractivity contribution in [2.45, 2.75) is 4.90 Å². The first-order valence-electron chi connectivity index (χ1n) is 3.45. The summed E-state index contributed by atoms with van der Waals surface area (Å²) in [4.78, 5) is 1.12. The van der Waals surface area contributed by atoms with Crippen molar-refractivity contribution in [1.29, 1.82) is 0 Å². The van der Waals surface area contributed by atoms with Crippen molar-refractivity contribution in [2.24, 2.45) is 0 Å². The van der Waals surface area contributed by atoms with Crippen LogP contribution in [0, 0.1) is 0 Å². The number of phenolic OH excluding ortho intramolecular Hbond substituents is 1. The summed E-state index contributed by atoms with van der Waals surface area (Å²) in [6.07, 6.45) is 0. The predicted molar refractivity (Wildman–Crippen MR) is 44.3 cm³/mol. The van der Waals surface area contributed by atoms with Gasteiger partial charge in [0.15, 0.2) is 0 Å². The van der Waals surface area contributed by atoms with Gasteiger partial charge in [-0.3, -0.25) is 0 Å². The molecule has 1 aromatic rings. The molecule has 0 spiro atoms. The Bertz CT molecular complexity index is 273. The van der Waals surface area contributed by atoms with E-state index in [0.717, 1.165) is 23.0 Å². The van der Waals surface area contributed by atoms with Gasteiger partial charge < -0.3 is 9.84 Å². The molecule has 11 heavy (non-hydrogen) atoms. The van der Waals surface area contributed by atoms with Gasteiger partial charge >= 0.3 is 0 Å². The summed E-state index contributed by atoms with van der Waals surface area (Å²) in [5.74, 6) is 2.07. The smallest absolute Gasteiger partial charge is 0.136 e. The second kappa shape index (κ2) is 2.66. The van der Waals surface area contributed by atoms with Crippen molar-refractivity contribution >= 4 is 11.8 Å². The molecule has 0 radical (unpaired) electrons. The zero-order chi connectivity index (χ0) is 7.68. The number of benzene rings is 1. The molecule has 0 unspecified atom stereocenters. The minimum Gasteiger partial charge on any atom is -0.508 e. The number of hydrogen-bond acceptors (Lipinski definition) is 3. The minimum atomic E-state index is 0.270. The van der Waals surface area contributed by atoms with Gasteiger partial charge in [-0.15, -0.1) is 11.8 Å². The molecule has 0 atom stereocenters. The molecule has 0 aromatic heterocycles. The van der Waals surface area contributed by atoms with Crippen molar-refractivity contribution in [3.05, 3.63) is 18.2 Å². The molecule has 0 aliphatic carbocycles. The zero-order valence-electron chi connectivity index (χ0n) is 5.91. The maximum absolute atomic E-state index is 9.10. The molecule has 1 N–H and O–H groups in total. The molecular weight excluding hydrogens is 160 g/mol. The number of rotatable bonds is 0. The second-order valence-electron chi connectivity index (χ2n) is 2.33. The van der Waals surface area contributed by atoms with Crippen LogP contribution in [-0.2, 0) is 0 Å². The number of ether oxygens (including phenoxy) is 1. The third-order valence-corrected chi connectivity index (χ3v) is 2.54. The average molecular weight is 168 g/mol. The SMILES string of the molecule is Oc1ccc2c(c1)OCCS2. The molecule has 0 fully saturated rings. The molecule has 1 aliphatic rings. The van der Waals surface area contributed by atoms with Crippen LogP contribution in [-0.4, -0.2) is 17.5 Å². The Labute approximate surface area is 69.2 Å². The molecule has 1 heterocycles. The molecule has 1 aromatic carbocycles. The number of thioether (sulfide) groups is 1. The van der Waals surface area contributed by atoms with Crippen LogP contribution >= 0.6 is 11.8 Å². The van der Waals surface area contributed by atoms with E-state index < -0.39 is 0 Å². The zero-order valence-corrected chi connectivity index (χ0v) is 6.73. The molecule has 2 nitrogen and oxygen atoms in total. The quantitative estimate of drug-likeness (QED) is 0.641. The van der Waals surface area contributed by atoms with E-state index in [2.05, 4.69) is 0 Å². The molecular formula is C8H8O2S. The van der Waals surface area contributed by atoms with Gasteiger partial charge in [0, 0.05) is 16.7 Å². The van der Waals surface area contributed by atoms with Crippen LogP contribution in [0.4, 0.5) is 0 Å². The fraction of sp³-hybridized carbons (Fsp3) is 0.250. The summed E-state index contributed by atoms with van der Waals surface area (Å²) >= 11 is 1.76. The lowest BCUT2D eigenvalue weighted by atomic mass is 10.3. The van der Waals surface area contributed by atoms with E-state index in [9.17, 15) is 0 Å². The highest BCUT2D eigenvalue weighted by Crippen LogP contribution is 2.35. The first kappa shape index (κ1) is 6.85. The van der Waals surface area contributed by atoms with Gasteiger partial charge in [-0.2, -0.15) is 0 Å². The highest BCUT2D eigenvalue weighted by atomic mass is 32.2. The molecule has 0 saturated heterocycles. The van der Waals surface area contributed by atoms with Gasteiger partial charge in [-0.25, -0.2) is 0 Å². The summed E-state index contributed by atoms with van der Waals surface area (Å²) in [5, 5.41) is 9.10. The van der Waals surface area contributed by atoms with Crippen LogP contribution in [0.2, 0.25) is 0 Å². The van der Waals surface area contributed by atoms with E-state index in [1.807, 2.05) is 6.07 Å². The van der Waals surface area contributed by atoms with Crippen molar-refractivity contribution in [1.82, 2.24) is 0 Å².